The van der Waals surface area contributed by atoms with Crippen molar-refractivity contribution >= 4 is 16.8 Å². The molecule has 0 aliphatic carbocycles. The van der Waals surface area contributed by atoms with Crippen LogP contribution < -0.4 is 15.6 Å². The van der Waals surface area contributed by atoms with E-state index in [1.54, 1.807) is 0 Å². The average Bonchev–Trinajstić information content (AvgIpc) is 2.63. The lowest BCUT2D eigenvalue weighted by atomic mass is 10.1. The first-order valence-corrected chi connectivity index (χ1v) is 9.02. The predicted molar refractivity (Wildman–Crippen MR) is 107 cm³/mol. The SMILES string of the molecule is Cc1ccc2[nH]c(=O)c(CCNC(=O)COc3ccc(C)c(C)c3)cc2c1. The van der Waals surface area contributed by atoms with E-state index >= 15 is 0 Å². The van der Waals surface area contributed by atoms with Gasteiger partial charge in [-0.2, -0.15) is 0 Å². The number of pyridine rings is 1. The van der Waals surface area contributed by atoms with E-state index in [-0.39, 0.29) is 18.1 Å². The van der Waals surface area contributed by atoms with Gasteiger partial charge in [-0.3, -0.25) is 9.59 Å². The van der Waals surface area contributed by atoms with Crippen LogP contribution in [0.15, 0.2) is 47.3 Å². The second-order valence-corrected chi connectivity index (χ2v) is 6.85. The van der Waals surface area contributed by atoms with Crippen molar-refractivity contribution in [3.05, 3.63) is 75.1 Å². The highest BCUT2D eigenvalue weighted by Crippen LogP contribution is 2.16. The summed E-state index contributed by atoms with van der Waals surface area (Å²) < 4.78 is 5.52. The maximum atomic E-state index is 12.2. The van der Waals surface area contributed by atoms with Crippen molar-refractivity contribution in [3.63, 3.8) is 0 Å². The maximum absolute atomic E-state index is 12.2. The summed E-state index contributed by atoms with van der Waals surface area (Å²) in [6.45, 7) is 6.39. The number of benzene rings is 2. The zero-order valence-electron chi connectivity index (χ0n) is 15.9. The highest BCUT2D eigenvalue weighted by molar-refractivity contribution is 5.80. The van der Waals surface area contributed by atoms with Gasteiger partial charge in [0.05, 0.1) is 0 Å². The molecule has 0 fully saturated rings. The molecule has 5 heteroatoms. The van der Waals surface area contributed by atoms with Crippen molar-refractivity contribution in [3.8, 4) is 5.75 Å². The number of carbonyl (C=O) groups is 1. The van der Waals surface area contributed by atoms with Crippen LogP contribution in [-0.4, -0.2) is 24.0 Å². The van der Waals surface area contributed by atoms with Gasteiger partial charge in [-0.1, -0.05) is 17.7 Å². The van der Waals surface area contributed by atoms with Gasteiger partial charge in [-0.05, 0) is 74.0 Å². The quantitative estimate of drug-likeness (QED) is 0.706. The minimum atomic E-state index is -0.207. The van der Waals surface area contributed by atoms with E-state index in [2.05, 4.69) is 10.3 Å². The molecule has 0 saturated carbocycles. The average molecular weight is 364 g/mol. The van der Waals surface area contributed by atoms with Gasteiger partial charge in [-0.15, -0.1) is 0 Å². The molecule has 0 saturated heterocycles. The van der Waals surface area contributed by atoms with Gasteiger partial charge < -0.3 is 15.0 Å². The summed E-state index contributed by atoms with van der Waals surface area (Å²) in [6, 6.07) is 13.5. The van der Waals surface area contributed by atoms with Crippen LogP contribution in [0.1, 0.15) is 22.3 Å². The van der Waals surface area contributed by atoms with Gasteiger partial charge in [0.25, 0.3) is 11.5 Å². The van der Waals surface area contributed by atoms with Gasteiger partial charge in [0, 0.05) is 17.6 Å². The third-order valence-electron chi connectivity index (χ3n) is 4.64. The minimum Gasteiger partial charge on any atom is -0.484 e. The molecule has 2 N–H and O–H groups in total. The Morgan fingerprint density at radius 3 is 2.63 bits per heavy atom. The summed E-state index contributed by atoms with van der Waals surface area (Å²) in [5.74, 6) is 0.468. The number of fused-ring (bicyclic) bond motifs is 1. The largest absolute Gasteiger partial charge is 0.484 e. The molecule has 2 aromatic carbocycles. The highest BCUT2D eigenvalue weighted by atomic mass is 16.5. The molecule has 0 aliphatic heterocycles. The third kappa shape index (κ3) is 4.76. The number of hydrogen-bond donors (Lipinski definition) is 2. The lowest BCUT2D eigenvalue weighted by Crippen LogP contribution is -2.31. The minimum absolute atomic E-state index is 0.0459. The first kappa shape index (κ1) is 18.7. The van der Waals surface area contributed by atoms with Gasteiger partial charge in [0.2, 0.25) is 0 Å². The smallest absolute Gasteiger partial charge is 0.257 e. The Bertz CT molecular complexity index is 1040. The fraction of sp³-hybridized carbons (Fsp3) is 0.273. The molecule has 0 spiro atoms. The van der Waals surface area contributed by atoms with Crippen LogP contribution in [0.4, 0.5) is 0 Å². The lowest BCUT2D eigenvalue weighted by molar-refractivity contribution is -0.123. The predicted octanol–water partition coefficient (Wildman–Crippen LogP) is 3.19. The van der Waals surface area contributed by atoms with E-state index in [4.69, 9.17) is 4.74 Å². The van der Waals surface area contributed by atoms with Gasteiger partial charge in [-0.25, -0.2) is 0 Å². The number of aromatic nitrogens is 1. The lowest BCUT2D eigenvalue weighted by Gasteiger charge is -2.09. The van der Waals surface area contributed by atoms with E-state index in [0.29, 0.717) is 24.3 Å². The molecule has 1 amide bonds. The van der Waals surface area contributed by atoms with Crippen molar-refractivity contribution < 1.29 is 9.53 Å². The summed E-state index contributed by atoms with van der Waals surface area (Å²) >= 11 is 0. The summed E-state index contributed by atoms with van der Waals surface area (Å²) in [5.41, 5.74) is 4.80. The van der Waals surface area contributed by atoms with Gasteiger partial charge >= 0.3 is 0 Å². The first-order chi connectivity index (χ1) is 12.9. The standard InChI is InChI=1S/C22H24N2O3/c1-14-4-7-20-18(10-14)12-17(22(26)24-20)8-9-23-21(25)13-27-19-6-5-15(2)16(3)11-19/h4-7,10-12H,8-9,13H2,1-3H3,(H,23,25)(H,24,26). The van der Waals surface area contributed by atoms with Crippen molar-refractivity contribution in [2.24, 2.45) is 0 Å². The number of H-pyrrole nitrogens is 1. The van der Waals surface area contributed by atoms with Crippen LogP contribution in [0.5, 0.6) is 5.75 Å². The summed E-state index contributed by atoms with van der Waals surface area (Å²) in [7, 11) is 0. The molecule has 0 atom stereocenters. The molecule has 27 heavy (non-hydrogen) atoms. The Balaban J connectivity index is 1.53. The molecule has 0 aliphatic rings. The molecule has 1 heterocycles. The van der Waals surface area contributed by atoms with E-state index in [0.717, 1.165) is 22.0 Å². The fourth-order valence-electron chi connectivity index (χ4n) is 2.90. The molecule has 1 aromatic heterocycles. The fourth-order valence-corrected chi connectivity index (χ4v) is 2.90. The maximum Gasteiger partial charge on any atom is 0.257 e. The summed E-state index contributed by atoms with van der Waals surface area (Å²) in [6.07, 6.45) is 0.467. The number of rotatable bonds is 6. The Kier molecular flexibility index (Phi) is 5.60. The Morgan fingerprint density at radius 2 is 1.85 bits per heavy atom. The zero-order chi connectivity index (χ0) is 19.4. The molecule has 140 valence electrons. The van der Waals surface area contributed by atoms with Crippen LogP contribution in [0, 0.1) is 20.8 Å². The van der Waals surface area contributed by atoms with E-state index in [1.807, 2.05) is 63.2 Å². The number of nitrogens with one attached hydrogen (secondary N) is 2. The van der Waals surface area contributed by atoms with Crippen LogP contribution in [0.2, 0.25) is 0 Å². The summed E-state index contributed by atoms with van der Waals surface area (Å²) in [4.78, 5) is 27.0. The van der Waals surface area contributed by atoms with E-state index in [1.165, 1.54) is 5.56 Å². The van der Waals surface area contributed by atoms with Gasteiger partial charge in [0.1, 0.15) is 5.75 Å². The monoisotopic (exact) mass is 364 g/mol. The van der Waals surface area contributed by atoms with Crippen LogP contribution in [0.25, 0.3) is 10.9 Å². The second kappa shape index (κ2) is 8.08. The van der Waals surface area contributed by atoms with E-state index in [9.17, 15) is 9.59 Å². The number of hydrogen-bond acceptors (Lipinski definition) is 3. The first-order valence-electron chi connectivity index (χ1n) is 9.02. The summed E-state index contributed by atoms with van der Waals surface area (Å²) in [5, 5.41) is 3.79. The van der Waals surface area contributed by atoms with E-state index < -0.39 is 0 Å². The number of aryl methyl sites for hydroxylation is 3. The Labute approximate surface area is 158 Å². The van der Waals surface area contributed by atoms with Crippen LogP contribution in [-0.2, 0) is 11.2 Å². The topological polar surface area (TPSA) is 71.2 Å². The molecule has 0 unspecified atom stereocenters. The molecule has 3 rings (SSSR count). The molecule has 5 nitrogen and oxygen atoms in total. The normalized spacial score (nSPS) is 10.8. The molecule has 0 radical (unpaired) electrons. The number of aromatic amines is 1. The van der Waals surface area contributed by atoms with Crippen molar-refractivity contribution in [2.75, 3.05) is 13.2 Å². The Hall–Kier alpha value is -3.08. The molecular weight excluding hydrogens is 340 g/mol. The molecular formula is C22H24N2O3. The highest BCUT2D eigenvalue weighted by Gasteiger charge is 2.06. The number of amides is 1. The number of ether oxygens (including phenoxy) is 1. The van der Waals surface area contributed by atoms with Crippen LogP contribution in [0.3, 0.4) is 0 Å². The van der Waals surface area contributed by atoms with Crippen molar-refractivity contribution in [1.29, 1.82) is 0 Å². The number of carbonyl (C=O) groups excluding carboxylic acids is 1. The van der Waals surface area contributed by atoms with Crippen molar-refractivity contribution in [2.45, 2.75) is 27.2 Å². The Morgan fingerprint density at radius 1 is 1.04 bits per heavy atom. The van der Waals surface area contributed by atoms with Gasteiger partial charge in [0.15, 0.2) is 6.61 Å². The van der Waals surface area contributed by atoms with Crippen molar-refractivity contribution in [1.82, 2.24) is 10.3 Å². The molecule has 0 bridgehead atoms. The zero-order valence-corrected chi connectivity index (χ0v) is 15.9. The van der Waals surface area contributed by atoms with Crippen LogP contribution >= 0.6 is 0 Å². The molecule has 3 aromatic rings. The third-order valence-corrected chi connectivity index (χ3v) is 4.64. The second-order valence-electron chi connectivity index (χ2n) is 6.85.